The second-order valence-corrected chi connectivity index (χ2v) is 3.05. The molecule has 11 heavy (non-hydrogen) atoms. The standard InChI is InChI=1S/C7H5IN2O/c8-7-2-1-5(4-10-7)6(11)3-9/h1-2,4,6,11H. The topological polar surface area (TPSA) is 56.9 Å². The van der Waals surface area contributed by atoms with Crippen molar-refractivity contribution in [2.24, 2.45) is 0 Å². The van der Waals surface area contributed by atoms with E-state index in [9.17, 15) is 0 Å². The van der Waals surface area contributed by atoms with Crippen LogP contribution in [0.15, 0.2) is 18.3 Å². The zero-order valence-corrected chi connectivity index (χ0v) is 7.69. The second kappa shape index (κ2) is 3.64. The molecule has 1 heterocycles. The summed E-state index contributed by atoms with van der Waals surface area (Å²) in [5.74, 6) is 0. The summed E-state index contributed by atoms with van der Waals surface area (Å²) < 4.78 is 0.844. The van der Waals surface area contributed by atoms with Gasteiger partial charge in [0.25, 0.3) is 0 Å². The Balaban J connectivity index is 2.92. The van der Waals surface area contributed by atoms with Gasteiger partial charge in [0, 0.05) is 11.8 Å². The highest BCUT2D eigenvalue weighted by Crippen LogP contribution is 2.10. The molecule has 1 unspecified atom stereocenters. The summed E-state index contributed by atoms with van der Waals surface area (Å²) in [5, 5.41) is 17.3. The molecule has 0 fully saturated rings. The van der Waals surface area contributed by atoms with Crippen LogP contribution in [0.25, 0.3) is 0 Å². The van der Waals surface area contributed by atoms with Crippen molar-refractivity contribution in [2.45, 2.75) is 6.10 Å². The third kappa shape index (κ3) is 2.13. The van der Waals surface area contributed by atoms with E-state index in [2.05, 4.69) is 27.6 Å². The Morgan fingerprint density at radius 3 is 2.82 bits per heavy atom. The van der Waals surface area contributed by atoms with Crippen LogP contribution >= 0.6 is 22.6 Å². The molecule has 56 valence electrons. The Morgan fingerprint density at radius 1 is 1.64 bits per heavy atom. The molecule has 1 aromatic heterocycles. The van der Waals surface area contributed by atoms with Gasteiger partial charge in [-0.1, -0.05) is 6.07 Å². The number of halogens is 1. The number of nitrogens with zero attached hydrogens (tertiary/aromatic N) is 2. The number of aliphatic hydroxyl groups excluding tert-OH is 1. The number of aromatic nitrogens is 1. The molecule has 0 saturated carbocycles. The van der Waals surface area contributed by atoms with Crippen LogP contribution in [0.3, 0.4) is 0 Å². The van der Waals surface area contributed by atoms with Crippen molar-refractivity contribution in [3.8, 4) is 6.07 Å². The lowest BCUT2D eigenvalue weighted by molar-refractivity contribution is 0.235. The number of pyridine rings is 1. The molecule has 0 amide bonds. The molecule has 0 saturated heterocycles. The minimum Gasteiger partial charge on any atom is -0.374 e. The predicted octanol–water partition coefficient (Wildman–Crippen LogP) is 1.24. The Bertz CT molecular complexity index is 277. The van der Waals surface area contributed by atoms with E-state index in [1.165, 1.54) is 6.20 Å². The quantitative estimate of drug-likeness (QED) is 0.469. The van der Waals surface area contributed by atoms with E-state index in [-0.39, 0.29) is 0 Å². The van der Waals surface area contributed by atoms with E-state index in [1.54, 1.807) is 18.2 Å². The Hall–Kier alpha value is -0.670. The maximum absolute atomic E-state index is 9.02. The minimum absolute atomic E-state index is 0.535. The molecular weight excluding hydrogens is 255 g/mol. The van der Waals surface area contributed by atoms with Crippen LogP contribution in [-0.2, 0) is 0 Å². The lowest BCUT2D eigenvalue weighted by Crippen LogP contribution is -1.94. The maximum Gasteiger partial charge on any atom is 0.167 e. The summed E-state index contributed by atoms with van der Waals surface area (Å²) in [4.78, 5) is 3.92. The van der Waals surface area contributed by atoms with Crippen molar-refractivity contribution in [3.05, 3.63) is 27.6 Å². The van der Waals surface area contributed by atoms with Gasteiger partial charge in [0.05, 0.1) is 6.07 Å². The lowest BCUT2D eigenvalue weighted by Gasteiger charge is -1.99. The van der Waals surface area contributed by atoms with Crippen molar-refractivity contribution in [1.82, 2.24) is 4.98 Å². The SMILES string of the molecule is N#CC(O)c1ccc(I)nc1. The summed E-state index contributed by atoms with van der Waals surface area (Å²) in [6, 6.07) is 5.14. The first-order valence-electron chi connectivity index (χ1n) is 2.93. The third-order valence-corrected chi connectivity index (χ3v) is 1.83. The van der Waals surface area contributed by atoms with Crippen LogP contribution in [0.4, 0.5) is 0 Å². The zero-order valence-electron chi connectivity index (χ0n) is 5.53. The van der Waals surface area contributed by atoms with Crippen LogP contribution < -0.4 is 0 Å². The fourth-order valence-corrected chi connectivity index (χ4v) is 0.943. The summed E-state index contributed by atoms with van der Waals surface area (Å²) in [6.07, 6.45) is 0.440. The van der Waals surface area contributed by atoms with Crippen molar-refractivity contribution < 1.29 is 5.11 Å². The summed E-state index contributed by atoms with van der Waals surface area (Å²) in [6.45, 7) is 0. The average Bonchev–Trinajstić information content (AvgIpc) is 2.05. The van der Waals surface area contributed by atoms with Gasteiger partial charge in [0.15, 0.2) is 6.10 Å². The number of nitriles is 1. The molecule has 1 aromatic rings. The van der Waals surface area contributed by atoms with Gasteiger partial charge in [-0.25, -0.2) is 4.98 Å². The number of aliphatic hydroxyl groups is 1. The monoisotopic (exact) mass is 260 g/mol. The largest absolute Gasteiger partial charge is 0.374 e. The highest BCUT2D eigenvalue weighted by Gasteiger charge is 2.04. The minimum atomic E-state index is -1.06. The van der Waals surface area contributed by atoms with Crippen LogP contribution in [0.1, 0.15) is 11.7 Å². The molecular formula is C7H5IN2O. The summed E-state index contributed by atoms with van der Waals surface area (Å²) in [5.41, 5.74) is 0.535. The predicted molar refractivity (Wildman–Crippen MR) is 47.5 cm³/mol. The normalized spacial score (nSPS) is 12.1. The molecule has 0 aliphatic rings. The lowest BCUT2D eigenvalue weighted by atomic mass is 10.2. The van der Waals surface area contributed by atoms with Gasteiger partial charge >= 0.3 is 0 Å². The summed E-state index contributed by atoms with van der Waals surface area (Å²) in [7, 11) is 0. The van der Waals surface area contributed by atoms with E-state index in [1.807, 2.05) is 0 Å². The van der Waals surface area contributed by atoms with Crippen LogP contribution in [0.5, 0.6) is 0 Å². The van der Waals surface area contributed by atoms with Crippen molar-refractivity contribution in [3.63, 3.8) is 0 Å². The maximum atomic E-state index is 9.02. The van der Waals surface area contributed by atoms with Crippen molar-refractivity contribution in [2.75, 3.05) is 0 Å². The molecule has 1 rings (SSSR count). The average molecular weight is 260 g/mol. The first kappa shape index (κ1) is 8.43. The first-order valence-corrected chi connectivity index (χ1v) is 4.01. The van der Waals surface area contributed by atoms with Crippen molar-refractivity contribution >= 4 is 22.6 Å². The molecule has 3 nitrogen and oxygen atoms in total. The highest BCUT2D eigenvalue weighted by molar-refractivity contribution is 14.1. The van der Waals surface area contributed by atoms with E-state index >= 15 is 0 Å². The van der Waals surface area contributed by atoms with E-state index in [0.29, 0.717) is 5.56 Å². The van der Waals surface area contributed by atoms with Gasteiger partial charge in [-0.2, -0.15) is 5.26 Å². The fraction of sp³-hybridized carbons (Fsp3) is 0.143. The highest BCUT2D eigenvalue weighted by atomic mass is 127. The van der Waals surface area contributed by atoms with Gasteiger partial charge < -0.3 is 5.11 Å². The molecule has 0 aromatic carbocycles. The molecule has 0 spiro atoms. The third-order valence-electron chi connectivity index (χ3n) is 1.19. The second-order valence-electron chi connectivity index (χ2n) is 1.95. The van der Waals surface area contributed by atoms with Gasteiger partial charge in [-0.3, -0.25) is 0 Å². The van der Waals surface area contributed by atoms with Gasteiger partial charge in [-0.05, 0) is 28.7 Å². The fourth-order valence-electron chi connectivity index (χ4n) is 0.624. The van der Waals surface area contributed by atoms with Crippen molar-refractivity contribution in [1.29, 1.82) is 5.26 Å². The van der Waals surface area contributed by atoms with E-state index < -0.39 is 6.10 Å². The number of hydrogen-bond acceptors (Lipinski definition) is 3. The van der Waals surface area contributed by atoms with Gasteiger partial charge in [-0.15, -0.1) is 0 Å². The van der Waals surface area contributed by atoms with Crippen LogP contribution in [-0.4, -0.2) is 10.1 Å². The Kier molecular flexibility index (Phi) is 2.79. The van der Waals surface area contributed by atoms with Crippen LogP contribution in [0, 0.1) is 15.0 Å². The Morgan fingerprint density at radius 2 is 2.36 bits per heavy atom. The van der Waals surface area contributed by atoms with E-state index in [4.69, 9.17) is 10.4 Å². The molecule has 1 atom stereocenters. The number of hydrogen-bond donors (Lipinski definition) is 1. The van der Waals surface area contributed by atoms with Gasteiger partial charge in [0.1, 0.15) is 3.70 Å². The summed E-state index contributed by atoms with van der Waals surface area (Å²) >= 11 is 2.06. The molecule has 0 aliphatic carbocycles. The van der Waals surface area contributed by atoms with E-state index in [0.717, 1.165) is 3.70 Å². The van der Waals surface area contributed by atoms with Gasteiger partial charge in [0.2, 0.25) is 0 Å². The first-order chi connectivity index (χ1) is 5.24. The smallest absolute Gasteiger partial charge is 0.167 e. The molecule has 4 heteroatoms. The zero-order chi connectivity index (χ0) is 8.27. The molecule has 0 radical (unpaired) electrons. The Labute approximate surface area is 77.8 Å². The molecule has 0 bridgehead atoms. The number of rotatable bonds is 1. The van der Waals surface area contributed by atoms with Crippen LogP contribution in [0.2, 0.25) is 0 Å². The molecule has 0 aliphatic heterocycles. The molecule has 1 N–H and O–H groups in total.